The Kier molecular flexibility index (Phi) is 4.04. The minimum absolute atomic E-state index is 0.0842. The van der Waals surface area contributed by atoms with E-state index < -0.39 is 23.8 Å². The maximum Gasteiger partial charge on any atom is 0.250 e. The fourth-order valence-electron chi connectivity index (χ4n) is 2.41. The molecule has 1 aliphatic rings. The lowest BCUT2D eigenvalue weighted by Crippen LogP contribution is -2.58. The predicted molar refractivity (Wildman–Crippen MR) is 79.0 cm³/mol. The van der Waals surface area contributed by atoms with Crippen LogP contribution in [0, 0.1) is 0 Å². The van der Waals surface area contributed by atoms with Gasteiger partial charge in [-0.05, 0) is 18.6 Å². The van der Waals surface area contributed by atoms with E-state index in [1.807, 2.05) is 0 Å². The maximum absolute atomic E-state index is 11.9. The molecule has 0 bridgehead atoms. The first-order valence-corrected chi connectivity index (χ1v) is 6.72. The zero-order chi connectivity index (χ0) is 15.7. The Morgan fingerprint density at radius 3 is 2.71 bits per heavy atom. The van der Waals surface area contributed by atoms with E-state index in [1.165, 1.54) is 17.0 Å². The lowest BCUT2D eigenvalue weighted by atomic mass is 10.0. The highest BCUT2D eigenvalue weighted by Crippen LogP contribution is 2.34. The normalized spacial score (nSPS) is 18.6. The summed E-state index contributed by atoms with van der Waals surface area (Å²) in [7, 11) is 0. The summed E-state index contributed by atoms with van der Waals surface area (Å²) in [5.41, 5.74) is 11.6. The Bertz CT molecular complexity index is 632. The van der Waals surface area contributed by atoms with Gasteiger partial charge in [-0.2, -0.15) is 0 Å². The van der Waals surface area contributed by atoms with Crippen molar-refractivity contribution in [2.24, 2.45) is 5.73 Å². The first kappa shape index (κ1) is 15.1. The highest BCUT2D eigenvalue weighted by Gasteiger charge is 2.35. The molecule has 1 aromatic carbocycles. The molecule has 5 N–H and O–H groups in total. The van der Waals surface area contributed by atoms with Crippen molar-refractivity contribution in [3.8, 4) is 0 Å². The van der Waals surface area contributed by atoms with Gasteiger partial charge in [0.15, 0.2) is 0 Å². The van der Waals surface area contributed by atoms with Crippen molar-refractivity contribution in [1.29, 1.82) is 0 Å². The van der Waals surface area contributed by atoms with Gasteiger partial charge in [0, 0.05) is 5.69 Å². The van der Waals surface area contributed by atoms with E-state index in [0.29, 0.717) is 6.42 Å². The third-order valence-electron chi connectivity index (χ3n) is 3.28. The lowest BCUT2D eigenvalue weighted by molar-refractivity contribution is -0.132. The first-order valence-electron chi connectivity index (χ1n) is 6.34. The van der Waals surface area contributed by atoms with Crippen LogP contribution in [0.3, 0.4) is 0 Å². The fourth-order valence-corrected chi connectivity index (χ4v) is 2.74. The van der Waals surface area contributed by atoms with E-state index in [2.05, 4.69) is 5.32 Å². The number of nitrogens with one attached hydrogen (secondary N) is 1. The average Bonchev–Trinajstić information content (AvgIpc) is 2.36. The number of imide groups is 1. The lowest BCUT2D eigenvalue weighted by Gasteiger charge is -2.36. The molecule has 1 aromatic rings. The Balaban J connectivity index is 2.60. The predicted octanol–water partition coefficient (Wildman–Crippen LogP) is 0.262. The Morgan fingerprint density at radius 1 is 1.48 bits per heavy atom. The molecule has 2 rings (SSSR count). The maximum atomic E-state index is 11.9. The van der Waals surface area contributed by atoms with Gasteiger partial charge in [-0.15, -0.1) is 0 Å². The summed E-state index contributed by atoms with van der Waals surface area (Å²) in [5.74, 6) is -1.63. The van der Waals surface area contributed by atoms with Crippen LogP contribution in [0.2, 0.25) is 5.02 Å². The van der Waals surface area contributed by atoms with E-state index in [0.717, 1.165) is 0 Å². The van der Waals surface area contributed by atoms with E-state index in [4.69, 9.17) is 23.1 Å². The van der Waals surface area contributed by atoms with E-state index in [1.54, 1.807) is 6.92 Å². The van der Waals surface area contributed by atoms with Crippen molar-refractivity contribution in [3.63, 3.8) is 0 Å². The van der Waals surface area contributed by atoms with Gasteiger partial charge in [0.1, 0.15) is 6.04 Å². The smallest absolute Gasteiger partial charge is 0.250 e. The zero-order valence-corrected chi connectivity index (χ0v) is 12.1. The largest absolute Gasteiger partial charge is 0.399 e. The minimum Gasteiger partial charge on any atom is -0.399 e. The molecule has 7 nitrogen and oxygen atoms in total. The molecule has 8 heteroatoms. The van der Waals surface area contributed by atoms with Gasteiger partial charge < -0.3 is 16.4 Å². The van der Waals surface area contributed by atoms with Crippen LogP contribution in [0.1, 0.15) is 23.7 Å². The quantitative estimate of drug-likeness (QED) is 0.546. The third kappa shape index (κ3) is 2.78. The molecule has 1 atom stereocenters. The van der Waals surface area contributed by atoms with Crippen LogP contribution in [0.15, 0.2) is 12.1 Å². The highest BCUT2D eigenvalue weighted by atomic mass is 35.5. The molecule has 0 aromatic heterocycles. The number of hydrogen-bond acceptors (Lipinski definition) is 5. The molecule has 1 heterocycles. The molecular formula is C13H15ClN4O3. The molecular weight excluding hydrogens is 296 g/mol. The van der Waals surface area contributed by atoms with Gasteiger partial charge >= 0.3 is 0 Å². The molecule has 1 aliphatic heterocycles. The van der Waals surface area contributed by atoms with Gasteiger partial charge in [-0.3, -0.25) is 19.7 Å². The summed E-state index contributed by atoms with van der Waals surface area (Å²) in [6.45, 7) is 1.70. The third-order valence-corrected chi connectivity index (χ3v) is 3.57. The molecule has 1 fully saturated rings. The van der Waals surface area contributed by atoms with Crippen molar-refractivity contribution < 1.29 is 14.4 Å². The van der Waals surface area contributed by atoms with Crippen LogP contribution in [0.4, 0.5) is 11.4 Å². The van der Waals surface area contributed by atoms with Crippen LogP contribution >= 0.6 is 11.6 Å². The Hall–Kier alpha value is -2.28. The molecule has 1 saturated heterocycles. The first-order chi connectivity index (χ1) is 9.85. The average molecular weight is 311 g/mol. The number of carbonyl (C=O) groups is 3. The van der Waals surface area contributed by atoms with Crippen LogP contribution in [0.5, 0.6) is 0 Å². The number of hydrogen-bond donors (Lipinski definition) is 3. The molecule has 0 spiro atoms. The fraction of sp³-hybridized carbons (Fsp3) is 0.308. The second-order valence-corrected chi connectivity index (χ2v) is 5.13. The number of rotatable bonds is 3. The monoisotopic (exact) mass is 310 g/mol. The van der Waals surface area contributed by atoms with Gasteiger partial charge in [0.05, 0.1) is 22.8 Å². The van der Waals surface area contributed by atoms with Crippen molar-refractivity contribution in [3.05, 3.63) is 22.7 Å². The molecule has 112 valence electrons. The number of nitrogens with zero attached hydrogens (tertiary/aromatic N) is 1. The number of nitrogens with two attached hydrogens (primary N) is 2. The molecule has 0 radical (unpaired) electrons. The van der Waals surface area contributed by atoms with Crippen molar-refractivity contribution in [2.45, 2.75) is 19.4 Å². The summed E-state index contributed by atoms with van der Waals surface area (Å²) >= 11 is 6.16. The van der Waals surface area contributed by atoms with E-state index in [9.17, 15) is 14.4 Å². The zero-order valence-electron chi connectivity index (χ0n) is 11.4. The van der Waals surface area contributed by atoms with Crippen LogP contribution < -0.4 is 21.7 Å². The summed E-state index contributed by atoms with van der Waals surface area (Å²) in [6, 6.07) is 2.22. The Morgan fingerprint density at radius 2 is 2.14 bits per heavy atom. The van der Waals surface area contributed by atoms with E-state index in [-0.39, 0.29) is 28.5 Å². The number of carbonyl (C=O) groups excluding carboxylic acids is 3. The van der Waals surface area contributed by atoms with Gasteiger partial charge in [0.2, 0.25) is 11.8 Å². The molecule has 3 amide bonds. The molecule has 0 aliphatic carbocycles. The summed E-state index contributed by atoms with van der Waals surface area (Å²) < 4.78 is 0. The number of amides is 3. The van der Waals surface area contributed by atoms with Crippen molar-refractivity contribution >= 4 is 40.7 Å². The number of halogens is 1. The summed E-state index contributed by atoms with van der Waals surface area (Å²) in [5, 5.41) is 2.43. The SMILES string of the molecule is CCC1C(=O)NC(=O)CN1c1c(Cl)cc(N)cc1C(N)=O. The van der Waals surface area contributed by atoms with Gasteiger partial charge in [-0.1, -0.05) is 18.5 Å². The van der Waals surface area contributed by atoms with Crippen LogP contribution in [-0.4, -0.2) is 30.3 Å². The molecule has 21 heavy (non-hydrogen) atoms. The number of primary amides is 1. The highest BCUT2D eigenvalue weighted by molar-refractivity contribution is 6.34. The van der Waals surface area contributed by atoms with Crippen molar-refractivity contribution in [1.82, 2.24) is 5.32 Å². The summed E-state index contributed by atoms with van der Waals surface area (Å²) in [6.07, 6.45) is 0.442. The van der Waals surface area contributed by atoms with Gasteiger partial charge in [-0.25, -0.2) is 0 Å². The number of anilines is 2. The van der Waals surface area contributed by atoms with Crippen molar-refractivity contribution in [2.75, 3.05) is 17.2 Å². The molecule has 1 unspecified atom stereocenters. The number of piperazine rings is 1. The Labute approximate surface area is 126 Å². The summed E-state index contributed by atoms with van der Waals surface area (Å²) in [4.78, 5) is 36.7. The van der Waals surface area contributed by atoms with E-state index >= 15 is 0 Å². The van der Waals surface area contributed by atoms with Gasteiger partial charge in [0.25, 0.3) is 5.91 Å². The standard InChI is InChI=1S/C13H15ClN4O3/c1-2-9-13(21)17-10(19)5-18(9)11-7(12(16)20)3-6(15)4-8(11)14/h3-4,9H,2,5,15H2,1H3,(H2,16,20)(H,17,19,21). The van der Waals surface area contributed by atoms with Crippen LogP contribution in [-0.2, 0) is 9.59 Å². The second kappa shape index (κ2) is 5.61. The topological polar surface area (TPSA) is 119 Å². The number of nitrogen functional groups attached to an aromatic ring is 1. The molecule has 0 saturated carbocycles. The second-order valence-electron chi connectivity index (χ2n) is 4.73. The minimum atomic E-state index is -0.729. The number of benzene rings is 1. The van der Waals surface area contributed by atoms with Crippen LogP contribution in [0.25, 0.3) is 0 Å².